The second-order valence-corrected chi connectivity index (χ2v) is 7.12. The van der Waals surface area contributed by atoms with Crippen LogP contribution >= 0.6 is 0 Å². The van der Waals surface area contributed by atoms with Crippen LogP contribution in [0.5, 0.6) is 0 Å². The van der Waals surface area contributed by atoms with Gasteiger partial charge >= 0.3 is 0 Å². The summed E-state index contributed by atoms with van der Waals surface area (Å²) in [7, 11) is 0. The molecule has 2 rings (SSSR count). The molecule has 0 aromatic rings. The molecule has 2 nitrogen and oxygen atoms in total. The molecule has 0 aromatic heterocycles. The first-order valence-electron chi connectivity index (χ1n) is 9.18. The molecule has 4 unspecified atom stereocenters. The molecule has 0 aromatic carbocycles. The van der Waals surface area contributed by atoms with Gasteiger partial charge in [-0.15, -0.1) is 0 Å². The summed E-state index contributed by atoms with van der Waals surface area (Å²) in [6, 6.07) is 0.604. The van der Waals surface area contributed by atoms with Crippen LogP contribution in [0.3, 0.4) is 0 Å². The van der Waals surface area contributed by atoms with Crippen LogP contribution in [0, 0.1) is 5.92 Å². The summed E-state index contributed by atoms with van der Waals surface area (Å²) < 4.78 is 6.59. The molecule has 1 N–H and O–H groups in total. The van der Waals surface area contributed by atoms with Crippen LogP contribution in [0.15, 0.2) is 0 Å². The minimum atomic E-state index is 0.470. The molecule has 20 heavy (non-hydrogen) atoms. The van der Waals surface area contributed by atoms with E-state index in [0.29, 0.717) is 18.2 Å². The molecule has 2 saturated carbocycles. The summed E-state index contributed by atoms with van der Waals surface area (Å²) in [4.78, 5) is 0. The SMILES string of the molecule is CCCNC1CCCCCCC1OC1CCCC(C)C1. The van der Waals surface area contributed by atoms with E-state index in [1.54, 1.807) is 0 Å². The third-order valence-electron chi connectivity index (χ3n) is 5.11. The third kappa shape index (κ3) is 5.37. The van der Waals surface area contributed by atoms with Crippen LogP contribution in [0.2, 0.25) is 0 Å². The van der Waals surface area contributed by atoms with Gasteiger partial charge in [0.2, 0.25) is 0 Å². The van der Waals surface area contributed by atoms with Gasteiger partial charge < -0.3 is 10.1 Å². The second-order valence-electron chi connectivity index (χ2n) is 7.12. The lowest BCUT2D eigenvalue weighted by Crippen LogP contribution is -2.44. The van der Waals surface area contributed by atoms with Crippen molar-refractivity contribution in [3.63, 3.8) is 0 Å². The standard InChI is InChI=1S/C18H35NO/c1-3-13-19-17-11-6-4-5-7-12-18(17)20-16-10-8-9-15(2)14-16/h15-19H,3-14H2,1-2H3. The van der Waals surface area contributed by atoms with Gasteiger partial charge in [-0.2, -0.15) is 0 Å². The summed E-state index contributed by atoms with van der Waals surface area (Å²) >= 11 is 0. The van der Waals surface area contributed by atoms with Crippen LogP contribution in [0.25, 0.3) is 0 Å². The number of hydrogen-bond acceptors (Lipinski definition) is 2. The van der Waals surface area contributed by atoms with E-state index >= 15 is 0 Å². The zero-order valence-electron chi connectivity index (χ0n) is 13.7. The lowest BCUT2D eigenvalue weighted by molar-refractivity contribution is -0.0617. The third-order valence-corrected chi connectivity index (χ3v) is 5.11. The van der Waals surface area contributed by atoms with Gasteiger partial charge in [-0.3, -0.25) is 0 Å². The molecule has 0 aliphatic heterocycles. The Labute approximate surface area is 126 Å². The summed E-state index contributed by atoms with van der Waals surface area (Å²) in [6.07, 6.45) is 15.7. The number of hydrogen-bond donors (Lipinski definition) is 1. The summed E-state index contributed by atoms with van der Waals surface area (Å²) in [5.41, 5.74) is 0. The van der Waals surface area contributed by atoms with Gasteiger partial charge in [0.15, 0.2) is 0 Å². The number of ether oxygens (including phenoxy) is 1. The Morgan fingerprint density at radius 3 is 2.50 bits per heavy atom. The van der Waals surface area contributed by atoms with Crippen molar-refractivity contribution >= 4 is 0 Å². The number of rotatable bonds is 5. The highest BCUT2D eigenvalue weighted by molar-refractivity contribution is 4.82. The van der Waals surface area contributed by atoms with Gasteiger partial charge in [-0.25, -0.2) is 0 Å². The number of nitrogens with one attached hydrogen (secondary N) is 1. The van der Waals surface area contributed by atoms with E-state index in [0.717, 1.165) is 12.5 Å². The van der Waals surface area contributed by atoms with Gasteiger partial charge in [0.1, 0.15) is 0 Å². The van der Waals surface area contributed by atoms with E-state index in [1.807, 2.05) is 0 Å². The molecule has 0 saturated heterocycles. The predicted octanol–water partition coefficient (Wildman–Crippen LogP) is 4.67. The zero-order valence-corrected chi connectivity index (χ0v) is 13.7. The first-order valence-corrected chi connectivity index (χ1v) is 9.18. The highest BCUT2D eigenvalue weighted by Crippen LogP contribution is 2.29. The lowest BCUT2D eigenvalue weighted by atomic mass is 9.88. The molecule has 0 amide bonds. The highest BCUT2D eigenvalue weighted by atomic mass is 16.5. The minimum absolute atomic E-state index is 0.470. The van der Waals surface area contributed by atoms with Gasteiger partial charge in [0.05, 0.1) is 12.2 Å². The Kier molecular flexibility index (Phi) is 7.37. The molecule has 2 aliphatic carbocycles. The van der Waals surface area contributed by atoms with Crippen LogP contribution < -0.4 is 5.32 Å². The summed E-state index contributed by atoms with van der Waals surface area (Å²) in [6.45, 7) is 5.79. The van der Waals surface area contributed by atoms with Crippen molar-refractivity contribution in [1.29, 1.82) is 0 Å². The first kappa shape index (κ1) is 16.3. The summed E-state index contributed by atoms with van der Waals surface area (Å²) in [5, 5.41) is 3.76. The quantitative estimate of drug-likeness (QED) is 0.790. The molecular formula is C18H35NO. The minimum Gasteiger partial charge on any atom is -0.373 e. The van der Waals surface area contributed by atoms with Crippen molar-refractivity contribution in [2.24, 2.45) is 5.92 Å². The van der Waals surface area contributed by atoms with E-state index in [2.05, 4.69) is 19.2 Å². The van der Waals surface area contributed by atoms with Crippen LogP contribution in [-0.4, -0.2) is 24.8 Å². The molecule has 0 spiro atoms. The molecule has 4 atom stereocenters. The smallest absolute Gasteiger partial charge is 0.0731 e. The van der Waals surface area contributed by atoms with E-state index in [4.69, 9.17) is 4.74 Å². The monoisotopic (exact) mass is 281 g/mol. The van der Waals surface area contributed by atoms with E-state index in [9.17, 15) is 0 Å². The fourth-order valence-electron chi connectivity index (χ4n) is 3.93. The fourth-order valence-corrected chi connectivity index (χ4v) is 3.93. The van der Waals surface area contributed by atoms with Crippen molar-refractivity contribution in [2.45, 2.75) is 103 Å². The normalized spacial score (nSPS) is 36.3. The Balaban J connectivity index is 1.87. The fraction of sp³-hybridized carbons (Fsp3) is 1.00. The summed E-state index contributed by atoms with van der Waals surface area (Å²) in [5.74, 6) is 0.865. The van der Waals surface area contributed by atoms with Gasteiger partial charge in [0, 0.05) is 6.04 Å². The Bertz CT molecular complexity index is 254. The molecule has 0 heterocycles. The molecule has 2 fully saturated rings. The maximum absolute atomic E-state index is 6.59. The highest BCUT2D eigenvalue weighted by Gasteiger charge is 2.28. The first-order chi connectivity index (χ1) is 9.79. The van der Waals surface area contributed by atoms with Gasteiger partial charge in [0.25, 0.3) is 0 Å². The van der Waals surface area contributed by atoms with Gasteiger partial charge in [-0.1, -0.05) is 52.4 Å². The zero-order chi connectivity index (χ0) is 14.2. The molecular weight excluding hydrogens is 246 g/mol. The van der Waals surface area contributed by atoms with Crippen LogP contribution in [0.1, 0.15) is 84.5 Å². The Morgan fingerprint density at radius 1 is 0.950 bits per heavy atom. The van der Waals surface area contributed by atoms with E-state index in [1.165, 1.54) is 70.6 Å². The van der Waals surface area contributed by atoms with Crippen LogP contribution in [-0.2, 0) is 4.74 Å². The average Bonchev–Trinajstić information content (AvgIpc) is 2.41. The maximum atomic E-state index is 6.59. The average molecular weight is 281 g/mol. The Hall–Kier alpha value is -0.0800. The van der Waals surface area contributed by atoms with E-state index < -0.39 is 0 Å². The molecule has 2 aliphatic rings. The Morgan fingerprint density at radius 2 is 1.75 bits per heavy atom. The second kappa shape index (κ2) is 9.04. The maximum Gasteiger partial charge on any atom is 0.0731 e. The van der Waals surface area contributed by atoms with Crippen molar-refractivity contribution < 1.29 is 4.74 Å². The van der Waals surface area contributed by atoms with E-state index in [-0.39, 0.29) is 0 Å². The van der Waals surface area contributed by atoms with Crippen molar-refractivity contribution in [3.8, 4) is 0 Å². The van der Waals surface area contributed by atoms with Crippen LogP contribution in [0.4, 0.5) is 0 Å². The van der Waals surface area contributed by atoms with Crippen molar-refractivity contribution in [1.82, 2.24) is 5.32 Å². The van der Waals surface area contributed by atoms with Crippen molar-refractivity contribution in [3.05, 3.63) is 0 Å². The largest absolute Gasteiger partial charge is 0.373 e. The molecule has 0 radical (unpaired) electrons. The topological polar surface area (TPSA) is 21.3 Å². The lowest BCUT2D eigenvalue weighted by Gasteiger charge is -2.36. The molecule has 2 heteroatoms. The predicted molar refractivity (Wildman–Crippen MR) is 86.1 cm³/mol. The van der Waals surface area contributed by atoms with Crippen molar-refractivity contribution in [2.75, 3.05) is 6.54 Å². The molecule has 118 valence electrons. The van der Waals surface area contributed by atoms with Gasteiger partial charge in [-0.05, 0) is 44.6 Å². The molecule has 0 bridgehead atoms.